The maximum absolute atomic E-state index is 12.4. The van der Waals surface area contributed by atoms with Gasteiger partial charge in [0.05, 0.1) is 10.8 Å². The molecule has 1 aromatic carbocycles. The zero-order valence-electron chi connectivity index (χ0n) is 9.37. The normalized spacial score (nSPS) is 20.7. The third-order valence-corrected chi connectivity index (χ3v) is 5.36. The van der Waals surface area contributed by atoms with E-state index < -0.39 is 11.7 Å². The van der Waals surface area contributed by atoms with E-state index in [1.54, 1.807) is 23.5 Å². The molecule has 1 heterocycles. The molecule has 1 fully saturated rings. The van der Waals surface area contributed by atoms with E-state index >= 15 is 0 Å². The minimum absolute atomic E-state index is 0.0686. The van der Waals surface area contributed by atoms with Crippen molar-refractivity contribution in [2.24, 2.45) is 0 Å². The molecule has 1 atom stereocenters. The summed E-state index contributed by atoms with van der Waals surface area (Å²) in [6.45, 7) is 0. The molecule has 0 aliphatic carbocycles. The lowest BCUT2D eigenvalue weighted by Gasteiger charge is -2.19. The van der Waals surface area contributed by atoms with Gasteiger partial charge in [0.1, 0.15) is 0 Å². The van der Waals surface area contributed by atoms with E-state index in [1.165, 1.54) is 12.1 Å². The highest BCUT2D eigenvalue weighted by atomic mass is 32.2. The first-order valence-corrected chi connectivity index (χ1v) is 7.59. The second-order valence-electron chi connectivity index (χ2n) is 3.87. The highest BCUT2D eigenvalue weighted by Gasteiger charge is 2.31. The number of hydrogen-bond acceptors (Lipinski definition) is 3. The maximum atomic E-state index is 12.4. The topological polar surface area (TPSA) is 17.1 Å². The van der Waals surface area contributed by atoms with E-state index in [4.69, 9.17) is 0 Å². The molecule has 0 radical (unpaired) electrons. The molecule has 0 amide bonds. The average Bonchev–Trinajstić information content (AvgIpc) is 2.38. The van der Waals surface area contributed by atoms with Crippen LogP contribution in [0.5, 0.6) is 0 Å². The van der Waals surface area contributed by atoms with Gasteiger partial charge in [-0.2, -0.15) is 24.9 Å². The first kappa shape index (κ1) is 13.8. The van der Waals surface area contributed by atoms with E-state index in [0.717, 1.165) is 29.4 Å². The second-order valence-corrected chi connectivity index (χ2v) is 6.33. The van der Waals surface area contributed by atoms with Crippen LogP contribution in [0.25, 0.3) is 0 Å². The van der Waals surface area contributed by atoms with E-state index in [1.807, 2.05) is 0 Å². The number of hydrogen-bond donors (Lipinski definition) is 0. The quantitative estimate of drug-likeness (QED) is 0.773. The van der Waals surface area contributed by atoms with Crippen molar-refractivity contribution >= 4 is 29.3 Å². The molecule has 98 valence electrons. The van der Waals surface area contributed by atoms with Crippen LogP contribution in [0.4, 0.5) is 13.2 Å². The van der Waals surface area contributed by atoms with Crippen LogP contribution in [-0.2, 0) is 6.18 Å². The van der Waals surface area contributed by atoms with Crippen LogP contribution in [0.3, 0.4) is 0 Å². The molecular formula is C12H11F3OS2. The summed E-state index contributed by atoms with van der Waals surface area (Å²) in [5, 5.41) is -0.125. The summed E-state index contributed by atoms with van der Waals surface area (Å²) in [4.78, 5) is 12.0. The molecule has 0 bridgehead atoms. The molecule has 1 aliphatic rings. The third kappa shape index (κ3) is 3.23. The Bertz CT molecular complexity index is 422. The largest absolute Gasteiger partial charge is 0.416 e. The Morgan fingerprint density at radius 1 is 1.17 bits per heavy atom. The summed E-state index contributed by atoms with van der Waals surface area (Å²) in [5.74, 6) is 2.62. The molecule has 1 saturated heterocycles. The fourth-order valence-corrected chi connectivity index (χ4v) is 4.28. The molecular weight excluding hydrogens is 281 g/mol. The Hall–Kier alpha value is -0.620. The fourth-order valence-electron chi connectivity index (χ4n) is 1.65. The Morgan fingerprint density at radius 3 is 2.33 bits per heavy atom. The summed E-state index contributed by atoms with van der Waals surface area (Å²) in [7, 11) is 0. The van der Waals surface area contributed by atoms with Crippen molar-refractivity contribution in [3.05, 3.63) is 35.4 Å². The summed E-state index contributed by atoms with van der Waals surface area (Å²) in [5.41, 5.74) is -0.354. The molecule has 0 N–H and O–H groups in total. The zero-order chi connectivity index (χ0) is 13.2. The Labute approximate surface area is 112 Å². The lowest BCUT2D eigenvalue weighted by Crippen LogP contribution is -2.24. The van der Waals surface area contributed by atoms with Crippen LogP contribution in [0.1, 0.15) is 15.9 Å². The van der Waals surface area contributed by atoms with Crippen LogP contribution < -0.4 is 0 Å². The molecule has 1 unspecified atom stereocenters. The number of rotatable bonds is 2. The van der Waals surface area contributed by atoms with Crippen LogP contribution in [-0.4, -0.2) is 28.3 Å². The molecule has 1 nitrogen and oxygen atoms in total. The number of thioether (sulfide) groups is 2. The predicted molar refractivity (Wildman–Crippen MR) is 69.3 cm³/mol. The van der Waals surface area contributed by atoms with E-state index in [2.05, 4.69) is 0 Å². The summed E-state index contributed by atoms with van der Waals surface area (Å²) < 4.78 is 37.1. The number of ketones is 1. The van der Waals surface area contributed by atoms with Gasteiger partial charge < -0.3 is 0 Å². The van der Waals surface area contributed by atoms with Gasteiger partial charge in [-0.05, 0) is 12.1 Å². The van der Waals surface area contributed by atoms with Gasteiger partial charge in [0.25, 0.3) is 0 Å². The summed E-state index contributed by atoms with van der Waals surface area (Å²) in [6.07, 6.45) is -4.35. The highest BCUT2D eigenvalue weighted by molar-refractivity contribution is 8.07. The second kappa shape index (κ2) is 5.57. The molecule has 1 aromatic rings. The standard InChI is InChI=1S/C12H11F3OS2/c13-12(14,15)9-3-1-8(2-4-9)11(16)10-7-17-5-6-18-10/h1-4,10H,5-7H2. The van der Waals surface area contributed by atoms with Crippen molar-refractivity contribution in [1.29, 1.82) is 0 Å². The van der Waals surface area contributed by atoms with Gasteiger partial charge >= 0.3 is 6.18 Å². The number of carbonyl (C=O) groups excluding carboxylic acids is 1. The SMILES string of the molecule is O=C(c1ccc(C(F)(F)F)cc1)C1CSCCS1. The number of benzene rings is 1. The van der Waals surface area contributed by atoms with Gasteiger partial charge in [-0.1, -0.05) is 12.1 Å². The Kier molecular flexibility index (Phi) is 4.27. The van der Waals surface area contributed by atoms with Gasteiger partial charge in [-0.25, -0.2) is 0 Å². The lowest BCUT2D eigenvalue weighted by molar-refractivity contribution is -0.137. The molecule has 6 heteroatoms. The van der Waals surface area contributed by atoms with Crippen LogP contribution in [0.15, 0.2) is 24.3 Å². The number of alkyl halides is 3. The first-order valence-electron chi connectivity index (χ1n) is 5.39. The van der Waals surface area contributed by atoms with Crippen molar-refractivity contribution in [3.63, 3.8) is 0 Å². The van der Waals surface area contributed by atoms with E-state index in [-0.39, 0.29) is 11.0 Å². The Balaban J connectivity index is 2.11. The fraction of sp³-hybridized carbons (Fsp3) is 0.417. The van der Waals surface area contributed by atoms with E-state index in [0.29, 0.717) is 5.56 Å². The molecule has 0 spiro atoms. The monoisotopic (exact) mass is 292 g/mol. The van der Waals surface area contributed by atoms with E-state index in [9.17, 15) is 18.0 Å². The van der Waals surface area contributed by atoms with Crippen molar-refractivity contribution in [1.82, 2.24) is 0 Å². The van der Waals surface area contributed by atoms with Crippen LogP contribution in [0.2, 0.25) is 0 Å². The minimum atomic E-state index is -4.35. The molecule has 0 saturated carbocycles. The number of Topliss-reactive ketones (excluding diaryl/α,β-unsaturated/α-hetero) is 1. The Morgan fingerprint density at radius 2 is 1.83 bits per heavy atom. The lowest BCUT2D eigenvalue weighted by atomic mass is 10.1. The van der Waals surface area contributed by atoms with Crippen LogP contribution >= 0.6 is 23.5 Å². The van der Waals surface area contributed by atoms with Gasteiger partial charge in [0, 0.05) is 22.8 Å². The smallest absolute Gasteiger partial charge is 0.293 e. The van der Waals surface area contributed by atoms with Crippen molar-refractivity contribution in [3.8, 4) is 0 Å². The zero-order valence-corrected chi connectivity index (χ0v) is 11.0. The van der Waals surface area contributed by atoms with Gasteiger partial charge in [0.2, 0.25) is 0 Å². The average molecular weight is 292 g/mol. The summed E-state index contributed by atoms with van der Waals surface area (Å²) in [6, 6.07) is 4.47. The van der Waals surface area contributed by atoms with Crippen molar-refractivity contribution in [2.75, 3.05) is 17.3 Å². The van der Waals surface area contributed by atoms with Gasteiger partial charge in [0.15, 0.2) is 5.78 Å². The maximum Gasteiger partial charge on any atom is 0.416 e. The molecule has 1 aliphatic heterocycles. The number of halogens is 3. The van der Waals surface area contributed by atoms with Crippen LogP contribution in [0, 0.1) is 0 Å². The van der Waals surface area contributed by atoms with Crippen molar-refractivity contribution < 1.29 is 18.0 Å². The van der Waals surface area contributed by atoms with Crippen molar-refractivity contribution in [2.45, 2.75) is 11.4 Å². The minimum Gasteiger partial charge on any atom is -0.293 e. The molecule has 0 aromatic heterocycles. The first-order chi connectivity index (χ1) is 8.48. The molecule has 2 rings (SSSR count). The third-order valence-electron chi connectivity index (χ3n) is 2.61. The predicted octanol–water partition coefficient (Wildman–Crippen LogP) is 3.74. The summed E-state index contributed by atoms with van der Waals surface area (Å²) >= 11 is 3.30. The molecule has 18 heavy (non-hydrogen) atoms. The van der Waals surface area contributed by atoms with Gasteiger partial charge in [-0.3, -0.25) is 4.79 Å². The van der Waals surface area contributed by atoms with Gasteiger partial charge in [-0.15, -0.1) is 11.8 Å². The number of carbonyl (C=O) groups is 1. The highest BCUT2D eigenvalue weighted by Crippen LogP contribution is 2.30.